The molecular weight excluding hydrogens is 292 g/mol. The molecule has 0 heterocycles. The first-order valence-corrected chi connectivity index (χ1v) is 9.21. The van der Waals surface area contributed by atoms with Crippen molar-refractivity contribution in [1.82, 2.24) is 0 Å². The summed E-state index contributed by atoms with van der Waals surface area (Å²) >= 11 is 0. The molecule has 1 fully saturated rings. The van der Waals surface area contributed by atoms with E-state index in [-0.39, 0.29) is 5.41 Å². The quantitative estimate of drug-likeness (QED) is 0.716. The number of aromatic hydroxyl groups is 1. The highest BCUT2D eigenvalue weighted by molar-refractivity contribution is 5.43. The maximum Gasteiger partial charge on any atom is 0.115 e. The minimum Gasteiger partial charge on any atom is -0.508 e. The standard InChI is InChI=1S/C23H26O/c1-2-13-23-14-12-18(17-6-4-3-5-7-17)15-20(23)9-8-19-16-21(24)10-11-22(19)23/h2-7,10-11,16,18,20,24H,1,8-9,12-15H2/t18-,20?,23?/m0/s1. The molecule has 0 saturated heterocycles. The largest absolute Gasteiger partial charge is 0.508 e. The fourth-order valence-corrected chi connectivity index (χ4v) is 5.34. The minimum atomic E-state index is 0.230. The smallest absolute Gasteiger partial charge is 0.115 e. The van der Waals surface area contributed by atoms with Gasteiger partial charge in [0.25, 0.3) is 0 Å². The molecule has 0 aliphatic heterocycles. The highest BCUT2D eigenvalue weighted by Gasteiger charge is 2.46. The Morgan fingerprint density at radius 1 is 1.12 bits per heavy atom. The fraction of sp³-hybridized carbons (Fsp3) is 0.391. The number of fused-ring (bicyclic) bond motifs is 3. The summed E-state index contributed by atoms with van der Waals surface area (Å²) in [6.45, 7) is 4.06. The molecule has 2 aliphatic rings. The molecule has 1 saturated carbocycles. The summed E-state index contributed by atoms with van der Waals surface area (Å²) in [5.74, 6) is 1.80. The van der Waals surface area contributed by atoms with Crippen LogP contribution in [0.3, 0.4) is 0 Å². The molecule has 4 rings (SSSR count). The Bertz CT molecular complexity index is 733. The first-order valence-electron chi connectivity index (χ1n) is 9.21. The predicted molar refractivity (Wildman–Crippen MR) is 99.4 cm³/mol. The number of aryl methyl sites for hydroxylation is 1. The van der Waals surface area contributed by atoms with Gasteiger partial charge >= 0.3 is 0 Å². The van der Waals surface area contributed by atoms with Crippen LogP contribution in [0.1, 0.15) is 54.7 Å². The van der Waals surface area contributed by atoms with E-state index in [0.717, 1.165) is 12.8 Å². The van der Waals surface area contributed by atoms with Crippen LogP contribution in [0.5, 0.6) is 5.75 Å². The summed E-state index contributed by atoms with van der Waals surface area (Å²) in [7, 11) is 0. The molecule has 0 spiro atoms. The van der Waals surface area contributed by atoms with Crippen molar-refractivity contribution >= 4 is 0 Å². The number of rotatable bonds is 3. The van der Waals surface area contributed by atoms with Crippen LogP contribution < -0.4 is 0 Å². The van der Waals surface area contributed by atoms with Crippen LogP contribution in [0.25, 0.3) is 0 Å². The lowest BCUT2D eigenvalue weighted by Crippen LogP contribution is -2.43. The number of allylic oxidation sites excluding steroid dienone is 1. The normalized spacial score (nSPS) is 28.7. The third-order valence-electron chi connectivity index (χ3n) is 6.46. The van der Waals surface area contributed by atoms with Crippen LogP contribution in [0.2, 0.25) is 0 Å². The number of benzene rings is 2. The maximum absolute atomic E-state index is 9.87. The molecule has 0 radical (unpaired) electrons. The molecule has 2 aliphatic carbocycles. The Morgan fingerprint density at radius 3 is 2.75 bits per heavy atom. The lowest BCUT2D eigenvalue weighted by Gasteiger charge is -2.50. The second-order valence-corrected chi connectivity index (χ2v) is 7.61. The van der Waals surface area contributed by atoms with Crippen molar-refractivity contribution in [1.29, 1.82) is 0 Å². The molecule has 24 heavy (non-hydrogen) atoms. The average Bonchev–Trinajstić information content (AvgIpc) is 2.62. The zero-order valence-corrected chi connectivity index (χ0v) is 14.2. The van der Waals surface area contributed by atoms with Crippen LogP contribution >= 0.6 is 0 Å². The molecule has 2 unspecified atom stereocenters. The molecule has 1 heteroatoms. The van der Waals surface area contributed by atoms with Crippen LogP contribution in [-0.4, -0.2) is 5.11 Å². The third-order valence-corrected chi connectivity index (χ3v) is 6.46. The first-order chi connectivity index (χ1) is 11.7. The van der Waals surface area contributed by atoms with E-state index in [9.17, 15) is 5.11 Å². The van der Waals surface area contributed by atoms with Gasteiger partial charge in [-0.25, -0.2) is 0 Å². The van der Waals surface area contributed by atoms with E-state index in [4.69, 9.17) is 0 Å². The monoisotopic (exact) mass is 318 g/mol. The SMILES string of the molecule is C=CCC12CC[C@H](c3ccccc3)CC1CCc1cc(O)ccc12. The third kappa shape index (κ3) is 2.47. The fourth-order valence-electron chi connectivity index (χ4n) is 5.34. The summed E-state index contributed by atoms with van der Waals surface area (Å²) in [6.07, 6.45) is 9.23. The van der Waals surface area contributed by atoms with Crippen LogP contribution in [-0.2, 0) is 11.8 Å². The average molecular weight is 318 g/mol. The van der Waals surface area contributed by atoms with E-state index >= 15 is 0 Å². The highest BCUT2D eigenvalue weighted by atomic mass is 16.3. The van der Waals surface area contributed by atoms with Crippen molar-refractivity contribution in [3.8, 4) is 5.75 Å². The van der Waals surface area contributed by atoms with Gasteiger partial charge in [0.2, 0.25) is 0 Å². The predicted octanol–water partition coefficient (Wildman–Crippen LogP) is 5.74. The van der Waals surface area contributed by atoms with E-state index in [0.29, 0.717) is 17.6 Å². The van der Waals surface area contributed by atoms with Crippen molar-refractivity contribution < 1.29 is 5.11 Å². The second kappa shape index (κ2) is 6.12. The van der Waals surface area contributed by atoms with Gasteiger partial charge in [0.15, 0.2) is 0 Å². The Kier molecular flexibility index (Phi) is 3.96. The van der Waals surface area contributed by atoms with Gasteiger partial charge in [0.05, 0.1) is 0 Å². The topological polar surface area (TPSA) is 20.2 Å². The number of phenolic OH excluding ortho intramolecular Hbond substituents is 1. The maximum atomic E-state index is 9.87. The Balaban J connectivity index is 1.70. The molecule has 124 valence electrons. The summed E-state index contributed by atoms with van der Waals surface area (Å²) in [6, 6.07) is 17.1. The van der Waals surface area contributed by atoms with E-state index in [2.05, 4.69) is 49.1 Å². The molecule has 1 nitrogen and oxygen atoms in total. The number of hydrogen-bond acceptors (Lipinski definition) is 1. The summed E-state index contributed by atoms with van der Waals surface area (Å²) < 4.78 is 0. The van der Waals surface area contributed by atoms with Gasteiger partial charge in [0.1, 0.15) is 5.75 Å². The summed E-state index contributed by atoms with van der Waals surface area (Å²) in [4.78, 5) is 0. The molecule has 1 N–H and O–H groups in total. The van der Waals surface area contributed by atoms with Gasteiger partial charge in [-0.2, -0.15) is 0 Å². The lowest BCUT2D eigenvalue weighted by molar-refractivity contribution is 0.145. The molecule has 2 aromatic carbocycles. The van der Waals surface area contributed by atoms with E-state index in [1.807, 2.05) is 12.1 Å². The molecule has 0 bridgehead atoms. The zero-order chi connectivity index (χ0) is 16.6. The Hall–Kier alpha value is -2.02. The van der Waals surface area contributed by atoms with E-state index in [1.165, 1.54) is 42.4 Å². The summed E-state index contributed by atoms with van der Waals surface area (Å²) in [5, 5.41) is 9.87. The first kappa shape index (κ1) is 15.5. The highest BCUT2D eigenvalue weighted by Crippen LogP contribution is 2.55. The van der Waals surface area contributed by atoms with Crippen LogP contribution in [0.15, 0.2) is 61.2 Å². The molecule has 0 amide bonds. The van der Waals surface area contributed by atoms with Crippen molar-refractivity contribution in [2.75, 3.05) is 0 Å². The van der Waals surface area contributed by atoms with Gasteiger partial charge in [-0.15, -0.1) is 6.58 Å². The Labute approximate surface area is 145 Å². The Morgan fingerprint density at radius 2 is 1.96 bits per heavy atom. The summed E-state index contributed by atoms with van der Waals surface area (Å²) in [5.41, 5.74) is 4.56. The van der Waals surface area contributed by atoms with Gasteiger partial charge < -0.3 is 5.11 Å². The molecule has 3 atom stereocenters. The van der Waals surface area contributed by atoms with Gasteiger partial charge in [-0.05, 0) is 79.2 Å². The zero-order valence-electron chi connectivity index (χ0n) is 14.2. The molecule has 0 aromatic heterocycles. The van der Waals surface area contributed by atoms with Crippen molar-refractivity contribution in [2.45, 2.75) is 49.9 Å². The van der Waals surface area contributed by atoms with Crippen LogP contribution in [0.4, 0.5) is 0 Å². The number of hydrogen-bond donors (Lipinski definition) is 1. The van der Waals surface area contributed by atoms with Gasteiger partial charge in [-0.3, -0.25) is 0 Å². The number of phenols is 1. The molecule has 2 aromatic rings. The van der Waals surface area contributed by atoms with E-state index < -0.39 is 0 Å². The van der Waals surface area contributed by atoms with Crippen molar-refractivity contribution in [2.24, 2.45) is 5.92 Å². The van der Waals surface area contributed by atoms with Crippen molar-refractivity contribution in [3.63, 3.8) is 0 Å². The van der Waals surface area contributed by atoms with Crippen molar-refractivity contribution in [3.05, 3.63) is 77.9 Å². The minimum absolute atomic E-state index is 0.230. The molecular formula is C23H26O. The van der Waals surface area contributed by atoms with Crippen LogP contribution in [0, 0.1) is 5.92 Å². The van der Waals surface area contributed by atoms with Gasteiger partial charge in [0, 0.05) is 5.41 Å². The van der Waals surface area contributed by atoms with E-state index in [1.54, 1.807) is 0 Å². The van der Waals surface area contributed by atoms with Gasteiger partial charge in [-0.1, -0.05) is 42.5 Å². The second-order valence-electron chi connectivity index (χ2n) is 7.61. The lowest BCUT2D eigenvalue weighted by atomic mass is 9.53.